The molecule has 0 aliphatic heterocycles. The van der Waals surface area contributed by atoms with Crippen LogP contribution in [0.3, 0.4) is 0 Å². The summed E-state index contributed by atoms with van der Waals surface area (Å²) >= 11 is 5.65. The zero-order chi connectivity index (χ0) is 12.8. The third-order valence-corrected chi connectivity index (χ3v) is 2.36. The van der Waals surface area contributed by atoms with Crippen molar-refractivity contribution < 1.29 is 19.7 Å². The summed E-state index contributed by atoms with van der Waals surface area (Å²) in [6, 6.07) is 3.68. The smallest absolute Gasteiger partial charge is 0.255 e. The SMILES string of the molecule is COCC(CO)NC(=O)c1ccc(Cl)cc1O. The summed E-state index contributed by atoms with van der Waals surface area (Å²) in [5.74, 6) is -0.695. The number of carbonyl (C=O) groups excluding carboxylic acids is 1. The third-order valence-electron chi connectivity index (χ3n) is 2.13. The number of carbonyl (C=O) groups is 1. The fourth-order valence-corrected chi connectivity index (χ4v) is 1.47. The first-order valence-electron chi connectivity index (χ1n) is 4.97. The number of ether oxygens (including phenoxy) is 1. The van der Waals surface area contributed by atoms with Crippen molar-refractivity contribution in [3.8, 4) is 5.75 Å². The van der Waals surface area contributed by atoms with E-state index in [9.17, 15) is 9.90 Å². The Hall–Kier alpha value is -1.30. The number of halogens is 1. The summed E-state index contributed by atoms with van der Waals surface area (Å²) in [5.41, 5.74) is 0.101. The number of aromatic hydroxyl groups is 1. The van der Waals surface area contributed by atoms with Crippen molar-refractivity contribution in [2.75, 3.05) is 20.3 Å². The minimum Gasteiger partial charge on any atom is -0.507 e. The first-order valence-corrected chi connectivity index (χ1v) is 5.35. The maximum atomic E-state index is 11.7. The zero-order valence-corrected chi connectivity index (χ0v) is 10.1. The van der Waals surface area contributed by atoms with Crippen LogP contribution in [0.1, 0.15) is 10.4 Å². The average molecular weight is 260 g/mol. The number of amides is 1. The molecule has 5 nitrogen and oxygen atoms in total. The Kier molecular flexibility index (Phi) is 5.21. The minimum absolute atomic E-state index is 0.101. The van der Waals surface area contributed by atoms with E-state index in [4.69, 9.17) is 21.4 Å². The van der Waals surface area contributed by atoms with E-state index in [1.165, 1.54) is 25.3 Å². The van der Waals surface area contributed by atoms with E-state index in [0.29, 0.717) is 5.02 Å². The first kappa shape index (κ1) is 13.8. The van der Waals surface area contributed by atoms with Gasteiger partial charge in [0.15, 0.2) is 0 Å². The van der Waals surface area contributed by atoms with Crippen LogP contribution in [0.5, 0.6) is 5.75 Å². The number of hydrogen-bond acceptors (Lipinski definition) is 4. The van der Waals surface area contributed by atoms with Crippen molar-refractivity contribution in [1.82, 2.24) is 5.32 Å². The molecule has 0 aliphatic rings. The van der Waals surface area contributed by atoms with Crippen molar-refractivity contribution >= 4 is 17.5 Å². The van der Waals surface area contributed by atoms with Crippen molar-refractivity contribution in [2.45, 2.75) is 6.04 Å². The number of rotatable bonds is 5. The van der Waals surface area contributed by atoms with E-state index >= 15 is 0 Å². The summed E-state index contributed by atoms with van der Waals surface area (Å²) in [7, 11) is 1.47. The van der Waals surface area contributed by atoms with Gasteiger partial charge in [0.05, 0.1) is 24.8 Å². The highest BCUT2D eigenvalue weighted by atomic mass is 35.5. The summed E-state index contributed by atoms with van der Waals surface area (Å²) < 4.78 is 4.82. The lowest BCUT2D eigenvalue weighted by molar-refractivity contribution is 0.0837. The number of hydrogen-bond donors (Lipinski definition) is 3. The number of aliphatic hydroxyl groups excluding tert-OH is 1. The first-order chi connectivity index (χ1) is 8.08. The second-order valence-electron chi connectivity index (χ2n) is 3.47. The Morgan fingerprint density at radius 1 is 1.59 bits per heavy atom. The van der Waals surface area contributed by atoms with Crippen LogP contribution >= 0.6 is 11.6 Å². The van der Waals surface area contributed by atoms with Crippen LogP contribution < -0.4 is 5.32 Å². The Balaban J connectivity index is 2.75. The van der Waals surface area contributed by atoms with E-state index < -0.39 is 11.9 Å². The normalized spacial score (nSPS) is 12.2. The van der Waals surface area contributed by atoms with Gasteiger partial charge in [-0.1, -0.05) is 11.6 Å². The van der Waals surface area contributed by atoms with E-state index in [1.54, 1.807) is 0 Å². The Bertz CT molecular complexity index is 397. The highest BCUT2D eigenvalue weighted by Gasteiger charge is 2.15. The minimum atomic E-state index is -0.512. The summed E-state index contributed by atoms with van der Waals surface area (Å²) in [6.07, 6.45) is 0. The molecule has 1 aromatic rings. The van der Waals surface area contributed by atoms with Crippen LogP contribution in [-0.4, -0.2) is 42.5 Å². The molecule has 0 radical (unpaired) electrons. The molecule has 0 saturated heterocycles. The van der Waals surface area contributed by atoms with Crippen molar-refractivity contribution in [3.05, 3.63) is 28.8 Å². The lowest BCUT2D eigenvalue weighted by atomic mass is 10.1. The van der Waals surface area contributed by atoms with Gasteiger partial charge in [-0.2, -0.15) is 0 Å². The second-order valence-corrected chi connectivity index (χ2v) is 3.91. The summed E-state index contributed by atoms with van der Waals surface area (Å²) in [6.45, 7) is -0.0511. The van der Waals surface area contributed by atoms with Gasteiger partial charge in [0, 0.05) is 12.1 Å². The fourth-order valence-electron chi connectivity index (χ4n) is 1.30. The van der Waals surface area contributed by atoms with Gasteiger partial charge >= 0.3 is 0 Å². The molecule has 6 heteroatoms. The zero-order valence-electron chi connectivity index (χ0n) is 9.31. The monoisotopic (exact) mass is 259 g/mol. The number of phenols is 1. The molecule has 1 amide bonds. The molecule has 0 heterocycles. The van der Waals surface area contributed by atoms with E-state index in [-0.39, 0.29) is 24.5 Å². The Labute approximate surface area is 104 Å². The molecule has 1 atom stereocenters. The third kappa shape index (κ3) is 3.89. The quantitative estimate of drug-likeness (QED) is 0.730. The average Bonchev–Trinajstić information content (AvgIpc) is 2.28. The predicted octanol–water partition coefficient (Wildman–Crippen LogP) is 0.783. The van der Waals surface area contributed by atoms with Crippen LogP contribution in [0.15, 0.2) is 18.2 Å². The Morgan fingerprint density at radius 3 is 2.82 bits per heavy atom. The number of aliphatic hydroxyl groups is 1. The van der Waals surface area contributed by atoms with Crippen LogP contribution in [0.4, 0.5) is 0 Å². The topological polar surface area (TPSA) is 78.8 Å². The molecule has 0 aromatic heterocycles. The van der Waals surface area contributed by atoms with Gasteiger partial charge in [-0.3, -0.25) is 4.79 Å². The number of methoxy groups -OCH3 is 1. The molecule has 94 valence electrons. The molecule has 1 aromatic carbocycles. The van der Waals surface area contributed by atoms with Gasteiger partial charge in [-0.05, 0) is 18.2 Å². The lowest BCUT2D eigenvalue weighted by Crippen LogP contribution is -2.40. The van der Waals surface area contributed by atoms with Crippen LogP contribution in [-0.2, 0) is 4.74 Å². The molecule has 0 spiro atoms. The van der Waals surface area contributed by atoms with Gasteiger partial charge in [-0.15, -0.1) is 0 Å². The molecular weight excluding hydrogens is 246 g/mol. The van der Waals surface area contributed by atoms with Gasteiger partial charge < -0.3 is 20.3 Å². The molecular formula is C11H14ClNO4. The van der Waals surface area contributed by atoms with Gasteiger partial charge in [0.2, 0.25) is 0 Å². The second kappa shape index (κ2) is 6.44. The number of phenolic OH excluding ortho intramolecular Hbond substituents is 1. The molecule has 0 saturated carbocycles. The highest BCUT2D eigenvalue weighted by Crippen LogP contribution is 2.21. The fraction of sp³-hybridized carbons (Fsp3) is 0.364. The standard InChI is InChI=1S/C11H14ClNO4/c1-17-6-8(5-14)13-11(16)9-3-2-7(12)4-10(9)15/h2-4,8,14-15H,5-6H2,1H3,(H,13,16). The van der Waals surface area contributed by atoms with Gasteiger partial charge in [0.1, 0.15) is 5.75 Å². The van der Waals surface area contributed by atoms with Crippen molar-refractivity contribution in [3.63, 3.8) is 0 Å². The van der Waals surface area contributed by atoms with Crippen molar-refractivity contribution in [1.29, 1.82) is 0 Å². The maximum absolute atomic E-state index is 11.7. The van der Waals surface area contributed by atoms with Crippen LogP contribution in [0.25, 0.3) is 0 Å². The molecule has 0 fully saturated rings. The Morgan fingerprint density at radius 2 is 2.29 bits per heavy atom. The highest BCUT2D eigenvalue weighted by molar-refractivity contribution is 6.30. The summed E-state index contributed by atoms with van der Waals surface area (Å²) in [5, 5.41) is 21.4. The number of benzene rings is 1. The summed E-state index contributed by atoms with van der Waals surface area (Å²) in [4.78, 5) is 11.7. The molecule has 1 unspecified atom stereocenters. The number of nitrogens with one attached hydrogen (secondary N) is 1. The van der Waals surface area contributed by atoms with Crippen LogP contribution in [0.2, 0.25) is 5.02 Å². The largest absolute Gasteiger partial charge is 0.507 e. The maximum Gasteiger partial charge on any atom is 0.255 e. The van der Waals surface area contributed by atoms with E-state index in [0.717, 1.165) is 0 Å². The predicted molar refractivity (Wildman–Crippen MR) is 63.3 cm³/mol. The van der Waals surface area contributed by atoms with Crippen molar-refractivity contribution in [2.24, 2.45) is 0 Å². The molecule has 0 bridgehead atoms. The lowest BCUT2D eigenvalue weighted by Gasteiger charge is -2.15. The molecule has 17 heavy (non-hydrogen) atoms. The molecule has 3 N–H and O–H groups in total. The van der Waals surface area contributed by atoms with E-state index in [2.05, 4.69) is 5.32 Å². The molecule has 1 rings (SSSR count). The van der Waals surface area contributed by atoms with Gasteiger partial charge in [-0.25, -0.2) is 0 Å². The van der Waals surface area contributed by atoms with Gasteiger partial charge in [0.25, 0.3) is 5.91 Å². The van der Waals surface area contributed by atoms with Crippen LogP contribution in [0, 0.1) is 0 Å². The van der Waals surface area contributed by atoms with E-state index in [1.807, 2.05) is 0 Å². The molecule has 0 aliphatic carbocycles.